The summed E-state index contributed by atoms with van der Waals surface area (Å²) >= 11 is 0. The Morgan fingerprint density at radius 3 is 2.65 bits per heavy atom. The largest absolute Gasteiger partial charge is 0.493 e. The summed E-state index contributed by atoms with van der Waals surface area (Å²) in [6.07, 6.45) is 11.0. The Kier molecular flexibility index (Phi) is 3.64. The Bertz CT molecular complexity index is 635. The molecule has 1 aliphatic heterocycles. The molecule has 1 saturated carbocycles. The second kappa shape index (κ2) is 5.55. The number of likely N-dealkylation sites (tertiary alicyclic amines) is 1. The molecule has 1 unspecified atom stereocenters. The van der Waals surface area contributed by atoms with Crippen molar-refractivity contribution in [2.75, 3.05) is 27.8 Å². The lowest BCUT2D eigenvalue weighted by molar-refractivity contribution is 0.248. The molecule has 0 bridgehead atoms. The first kappa shape index (κ1) is 15.1. The predicted octanol–water partition coefficient (Wildman–Crippen LogP) is 3.87. The molecule has 3 aliphatic rings. The number of allylic oxidation sites excluding steroid dienone is 1. The van der Waals surface area contributed by atoms with Crippen LogP contribution in [0.3, 0.4) is 0 Å². The molecular weight excluding hydrogens is 286 g/mol. The van der Waals surface area contributed by atoms with Crippen molar-refractivity contribution in [2.24, 2.45) is 0 Å². The molecule has 0 N–H and O–H groups in total. The smallest absolute Gasteiger partial charge is 0.164 e. The van der Waals surface area contributed by atoms with Crippen LogP contribution in [-0.4, -0.2) is 38.8 Å². The number of rotatable bonds is 4. The van der Waals surface area contributed by atoms with E-state index in [1.54, 1.807) is 14.2 Å². The van der Waals surface area contributed by atoms with Crippen LogP contribution in [0.5, 0.6) is 11.5 Å². The second-order valence-electron chi connectivity index (χ2n) is 7.34. The summed E-state index contributed by atoms with van der Waals surface area (Å²) < 4.78 is 11.4. The van der Waals surface area contributed by atoms with Crippen molar-refractivity contribution in [1.29, 1.82) is 0 Å². The maximum atomic E-state index is 5.70. The van der Waals surface area contributed by atoms with Gasteiger partial charge in [-0.2, -0.15) is 0 Å². The van der Waals surface area contributed by atoms with Gasteiger partial charge >= 0.3 is 0 Å². The number of hydrogen-bond acceptors (Lipinski definition) is 3. The predicted molar refractivity (Wildman–Crippen MR) is 92.6 cm³/mol. The van der Waals surface area contributed by atoms with E-state index in [0.717, 1.165) is 11.5 Å². The Labute approximate surface area is 139 Å². The summed E-state index contributed by atoms with van der Waals surface area (Å²) in [7, 11) is 5.79. The molecule has 124 valence electrons. The molecule has 4 rings (SSSR count). The Balaban J connectivity index is 1.86. The van der Waals surface area contributed by atoms with E-state index in [1.807, 2.05) is 0 Å². The number of ether oxygens (including phenoxy) is 2. The number of benzene rings is 1. The molecule has 2 fully saturated rings. The summed E-state index contributed by atoms with van der Waals surface area (Å²) in [5, 5.41) is 0. The van der Waals surface area contributed by atoms with E-state index in [-0.39, 0.29) is 5.41 Å². The number of likely N-dealkylation sites (N-methyl/N-ethyl adjacent to an activating group) is 1. The summed E-state index contributed by atoms with van der Waals surface area (Å²) in [6.45, 7) is 1.17. The van der Waals surface area contributed by atoms with Gasteiger partial charge in [-0.05, 0) is 63.2 Å². The molecule has 0 spiro atoms. The van der Waals surface area contributed by atoms with Gasteiger partial charge in [0.05, 0.1) is 14.2 Å². The van der Waals surface area contributed by atoms with Gasteiger partial charge in [-0.25, -0.2) is 0 Å². The second-order valence-corrected chi connectivity index (χ2v) is 7.34. The lowest BCUT2D eigenvalue weighted by atomic mass is 9.69. The van der Waals surface area contributed by atoms with Crippen LogP contribution in [0.25, 0.3) is 0 Å². The zero-order chi connectivity index (χ0) is 16.0. The van der Waals surface area contributed by atoms with Crippen molar-refractivity contribution in [3.05, 3.63) is 35.4 Å². The van der Waals surface area contributed by atoms with Crippen LogP contribution >= 0.6 is 0 Å². The molecular formula is C20H27NO2. The van der Waals surface area contributed by atoms with Gasteiger partial charge in [-0.3, -0.25) is 0 Å². The van der Waals surface area contributed by atoms with Crippen molar-refractivity contribution in [3.63, 3.8) is 0 Å². The summed E-state index contributed by atoms with van der Waals surface area (Å²) in [6, 6.07) is 5.26. The summed E-state index contributed by atoms with van der Waals surface area (Å²) in [5.41, 5.74) is 2.92. The number of fused-ring (bicyclic) bond motifs is 1. The Hall–Kier alpha value is -1.48. The van der Waals surface area contributed by atoms with Crippen LogP contribution in [-0.2, 0) is 5.41 Å². The average molecular weight is 313 g/mol. The monoisotopic (exact) mass is 313 g/mol. The van der Waals surface area contributed by atoms with Crippen molar-refractivity contribution in [3.8, 4) is 11.5 Å². The molecule has 23 heavy (non-hydrogen) atoms. The Morgan fingerprint density at radius 2 is 1.96 bits per heavy atom. The van der Waals surface area contributed by atoms with Crippen molar-refractivity contribution >= 4 is 0 Å². The standard InChI is InChI=1S/C20H27NO2/c1-21-11-10-20(9-5-4-6-18(20)21)15-12-16(14-7-8-14)19(23-3)17(13-15)22-2/h5,9,12-14,18H,4,6-8,10-11H2,1-3H3/t18?,20-/m0/s1. The molecule has 1 heterocycles. The average Bonchev–Trinajstić information content (AvgIpc) is 3.38. The molecule has 1 saturated heterocycles. The zero-order valence-corrected chi connectivity index (χ0v) is 14.5. The van der Waals surface area contributed by atoms with Gasteiger partial charge in [0.2, 0.25) is 0 Å². The van der Waals surface area contributed by atoms with Crippen LogP contribution < -0.4 is 9.47 Å². The van der Waals surface area contributed by atoms with Crippen LogP contribution in [0, 0.1) is 0 Å². The summed E-state index contributed by atoms with van der Waals surface area (Å²) in [4.78, 5) is 2.54. The first-order chi connectivity index (χ1) is 11.2. The third-order valence-corrected chi connectivity index (χ3v) is 6.09. The van der Waals surface area contributed by atoms with Crippen molar-refractivity contribution in [2.45, 2.75) is 49.5 Å². The quantitative estimate of drug-likeness (QED) is 0.788. The first-order valence-electron chi connectivity index (χ1n) is 8.84. The lowest BCUT2D eigenvalue weighted by Crippen LogP contribution is -2.41. The maximum absolute atomic E-state index is 5.70. The molecule has 0 amide bonds. The third kappa shape index (κ3) is 2.28. The van der Waals surface area contributed by atoms with Gasteiger partial charge in [0.15, 0.2) is 11.5 Å². The minimum atomic E-state index is 0.149. The minimum absolute atomic E-state index is 0.149. The van der Waals surface area contributed by atoms with Gasteiger partial charge in [0.25, 0.3) is 0 Å². The van der Waals surface area contributed by atoms with Gasteiger partial charge in [-0.1, -0.05) is 18.2 Å². The highest BCUT2D eigenvalue weighted by Gasteiger charge is 2.47. The number of methoxy groups -OCH3 is 2. The molecule has 2 aliphatic carbocycles. The van der Waals surface area contributed by atoms with E-state index in [9.17, 15) is 0 Å². The lowest BCUT2D eigenvalue weighted by Gasteiger charge is -2.38. The number of hydrogen-bond donors (Lipinski definition) is 0. The molecule has 3 nitrogen and oxygen atoms in total. The highest BCUT2D eigenvalue weighted by atomic mass is 16.5. The van der Waals surface area contributed by atoms with Gasteiger partial charge in [-0.15, -0.1) is 0 Å². The maximum Gasteiger partial charge on any atom is 0.164 e. The molecule has 2 atom stereocenters. The Morgan fingerprint density at radius 1 is 1.13 bits per heavy atom. The molecule has 1 aromatic rings. The topological polar surface area (TPSA) is 21.7 Å². The van der Waals surface area contributed by atoms with E-state index in [4.69, 9.17) is 9.47 Å². The zero-order valence-electron chi connectivity index (χ0n) is 14.5. The SMILES string of the molecule is COc1cc([C@@]23C=CCCC2N(C)CC3)cc(C2CC2)c1OC. The van der Waals surface area contributed by atoms with E-state index in [2.05, 4.69) is 36.2 Å². The highest BCUT2D eigenvalue weighted by Crippen LogP contribution is 2.52. The van der Waals surface area contributed by atoms with Crippen LogP contribution in [0.15, 0.2) is 24.3 Å². The van der Waals surface area contributed by atoms with E-state index in [1.165, 1.54) is 49.8 Å². The van der Waals surface area contributed by atoms with Gasteiger partial charge in [0, 0.05) is 17.0 Å². The third-order valence-electron chi connectivity index (χ3n) is 6.09. The minimum Gasteiger partial charge on any atom is -0.493 e. The van der Waals surface area contributed by atoms with E-state index in [0.29, 0.717) is 12.0 Å². The fraction of sp³-hybridized carbons (Fsp3) is 0.600. The first-order valence-corrected chi connectivity index (χ1v) is 8.84. The van der Waals surface area contributed by atoms with Crippen LogP contribution in [0.2, 0.25) is 0 Å². The normalized spacial score (nSPS) is 30.3. The van der Waals surface area contributed by atoms with E-state index >= 15 is 0 Å². The van der Waals surface area contributed by atoms with Crippen LogP contribution in [0.1, 0.15) is 49.1 Å². The van der Waals surface area contributed by atoms with Gasteiger partial charge in [0.1, 0.15) is 0 Å². The van der Waals surface area contributed by atoms with Crippen LogP contribution in [0.4, 0.5) is 0 Å². The van der Waals surface area contributed by atoms with Crippen molar-refractivity contribution < 1.29 is 9.47 Å². The number of nitrogens with zero attached hydrogens (tertiary/aromatic N) is 1. The molecule has 0 radical (unpaired) electrons. The molecule has 0 aromatic heterocycles. The molecule has 3 heteroatoms. The van der Waals surface area contributed by atoms with Gasteiger partial charge < -0.3 is 14.4 Å². The fourth-order valence-corrected chi connectivity index (χ4v) is 4.69. The fourth-order valence-electron chi connectivity index (χ4n) is 4.69. The van der Waals surface area contributed by atoms with E-state index < -0.39 is 0 Å². The summed E-state index contributed by atoms with van der Waals surface area (Å²) in [5.74, 6) is 2.49. The molecule has 1 aromatic carbocycles. The highest BCUT2D eigenvalue weighted by molar-refractivity contribution is 5.55. The van der Waals surface area contributed by atoms with Crippen molar-refractivity contribution in [1.82, 2.24) is 4.90 Å².